The quantitative estimate of drug-likeness (QED) is 0.406. The van der Waals surface area contributed by atoms with Gasteiger partial charge in [0, 0.05) is 47.9 Å². The maximum absolute atomic E-state index is 13.3. The number of carbonyl (C=O) groups is 1. The summed E-state index contributed by atoms with van der Waals surface area (Å²) in [5.74, 6) is 0.882. The Bertz CT molecular complexity index is 1610. The predicted molar refractivity (Wildman–Crippen MR) is 129 cm³/mol. The van der Waals surface area contributed by atoms with Crippen LogP contribution in [-0.4, -0.2) is 35.4 Å². The molecule has 1 aliphatic heterocycles. The number of aromatic nitrogens is 6. The molecule has 174 valence electrons. The number of carbonyl (C=O) groups excluding carboxylic acids is 1. The molecule has 35 heavy (non-hydrogen) atoms. The van der Waals surface area contributed by atoms with Crippen LogP contribution in [0.25, 0.3) is 28.1 Å². The molecule has 5 aromatic rings. The number of fused-ring (bicyclic) bond motifs is 2. The Labute approximate surface area is 200 Å². The maximum Gasteiger partial charge on any atom is 0.259 e. The van der Waals surface area contributed by atoms with E-state index in [1.165, 1.54) is 5.69 Å². The summed E-state index contributed by atoms with van der Waals surface area (Å²) in [6.07, 6.45) is 11.6. The van der Waals surface area contributed by atoms with Crippen LogP contribution < -0.4 is 5.32 Å². The fourth-order valence-electron chi connectivity index (χ4n) is 4.79. The molecule has 0 spiro atoms. The predicted octanol–water partition coefficient (Wildman–Crippen LogP) is 4.63. The van der Waals surface area contributed by atoms with E-state index in [1.807, 2.05) is 43.6 Å². The smallest absolute Gasteiger partial charge is 0.259 e. The standard InChI is InChI=1S/C26H23N7O2/c1-15-12-27-22(25-11-21(31-35-25)16-4-5-16)10-20(15)30-26(34)19-14-29-33-8-6-17(9-24(19)33)18-13-28-32-7-2-3-23(18)32/h6,8-14,16H,2-5,7H2,1H3,(H,27,30,34). The van der Waals surface area contributed by atoms with E-state index in [9.17, 15) is 4.79 Å². The number of nitrogens with zero attached hydrogens (tertiary/aromatic N) is 6. The Hall–Kier alpha value is -4.27. The monoisotopic (exact) mass is 465 g/mol. The van der Waals surface area contributed by atoms with Gasteiger partial charge in [-0.1, -0.05) is 5.16 Å². The first-order chi connectivity index (χ1) is 17.1. The molecule has 2 aliphatic rings. The molecule has 1 saturated carbocycles. The SMILES string of the molecule is Cc1cnc(-c2cc(C3CC3)no2)cc1NC(=O)c1cnn2ccc(-c3cnn4c3CCC4)cc12. The third-order valence-electron chi connectivity index (χ3n) is 6.94. The number of aryl methyl sites for hydroxylation is 2. The number of nitrogens with one attached hydrogen (secondary N) is 1. The third-order valence-corrected chi connectivity index (χ3v) is 6.94. The molecule has 0 aromatic carbocycles. The molecule has 9 heteroatoms. The van der Waals surface area contributed by atoms with E-state index < -0.39 is 0 Å². The van der Waals surface area contributed by atoms with E-state index in [1.54, 1.807) is 16.9 Å². The van der Waals surface area contributed by atoms with Gasteiger partial charge in [0.15, 0.2) is 5.76 Å². The van der Waals surface area contributed by atoms with Gasteiger partial charge in [-0.25, -0.2) is 4.52 Å². The number of amides is 1. The number of pyridine rings is 2. The van der Waals surface area contributed by atoms with Crippen molar-refractivity contribution in [1.82, 2.24) is 29.5 Å². The highest BCUT2D eigenvalue weighted by Gasteiger charge is 2.27. The summed E-state index contributed by atoms with van der Waals surface area (Å²) in [6.45, 7) is 2.87. The lowest BCUT2D eigenvalue weighted by Gasteiger charge is -2.09. The molecule has 9 nitrogen and oxygen atoms in total. The van der Waals surface area contributed by atoms with Gasteiger partial charge in [-0.15, -0.1) is 0 Å². The van der Waals surface area contributed by atoms with Crippen molar-refractivity contribution < 1.29 is 9.32 Å². The molecule has 1 amide bonds. The van der Waals surface area contributed by atoms with Crippen molar-refractivity contribution in [2.45, 2.75) is 45.1 Å². The van der Waals surface area contributed by atoms with Gasteiger partial charge in [0.2, 0.25) is 0 Å². The summed E-state index contributed by atoms with van der Waals surface area (Å²) in [6, 6.07) is 7.81. The van der Waals surface area contributed by atoms with Crippen LogP contribution in [0.2, 0.25) is 0 Å². The van der Waals surface area contributed by atoms with Crippen molar-refractivity contribution in [3.8, 4) is 22.6 Å². The van der Waals surface area contributed by atoms with Crippen LogP contribution in [0.1, 0.15) is 52.5 Å². The third kappa shape index (κ3) is 3.42. The van der Waals surface area contributed by atoms with E-state index in [-0.39, 0.29) is 5.91 Å². The van der Waals surface area contributed by atoms with Crippen molar-refractivity contribution in [3.05, 3.63) is 71.6 Å². The van der Waals surface area contributed by atoms with E-state index >= 15 is 0 Å². The molecule has 0 atom stereocenters. The zero-order valence-corrected chi connectivity index (χ0v) is 19.2. The summed E-state index contributed by atoms with van der Waals surface area (Å²) in [5.41, 5.74) is 7.79. The van der Waals surface area contributed by atoms with Crippen LogP contribution in [0, 0.1) is 6.92 Å². The molecular weight excluding hydrogens is 442 g/mol. The lowest BCUT2D eigenvalue weighted by molar-refractivity contribution is 0.102. The maximum atomic E-state index is 13.3. The minimum Gasteiger partial charge on any atom is -0.354 e. The topological polar surface area (TPSA) is 103 Å². The first kappa shape index (κ1) is 20.1. The van der Waals surface area contributed by atoms with Gasteiger partial charge in [-0.3, -0.25) is 14.5 Å². The lowest BCUT2D eigenvalue weighted by Crippen LogP contribution is -2.13. The number of anilines is 1. The fourth-order valence-corrected chi connectivity index (χ4v) is 4.79. The molecular formula is C26H23N7O2. The molecule has 0 saturated heterocycles. The van der Waals surface area contributed by atoms with Gasteiger partial charge in [-0.05, 0) is 61.9 Å². The lowest BCUT2D eigenvalue weighted by atomic mass is 10.1. The van der Waals surface area contributed by atoms with Gasteiger partial charge in [0.1, 0.15) is 5.69 Å². The molecule has 1 fully saturated rings. The summed E-state index contributed by atoms with van der Waals surface area (Å²) in [4.78, 5) is 17.8. The first-order valence-corrected chi connectivity index (χ1v) is 11.9. The van der Waals surface area contributed by atoms with E-state index in [2.05, 4.69) is 30.3 Å². The highest BCUT2D eigenvalue weighted by molar-refractivity contribution is 6.09. The van der Waals surface area contributed by atoms with Crippen molar-refractivity contribution in [1.29, 1.82) is 0 Å². The molecule has 6 heterocycles. The Kier molecular flexibility index (Phi) is 4.39. The van der Waals surface area contributed by atoms with E-state index in [0.29, 0.717) is 28.6 Å². The number of hydrogen-bond donors (Lipinski definition) is 1. The minimum absolute atomic E-state index is 0.228. The van der Waals surface area contributed by atoms with Crippen LogP contribution in [-0.2, 0) is 13.0 Å². The van der Waals surface area contributed by atoms with Crippen LogP contribution in [0.3, 0.4) is 0 Å². The minimum atomic E-state index is -0.228. The number of rotatable bonds is 5. The van der Waals surface area contributed by atoms with Gasteiger partial charge in [-0.2, -0.15) is 10.2 Å². The van der Waals surface area contributed by atoms with Crippen molar-refractivity contribution in [2.24, 2.45) is 0 Å². The average molecular weight is 466 g/mol. The average Bonchev–Trinajstić information content (AvgIpc) is 3.26. The molecule has 0 radical (unpaired) electrons. The summed E-state index contributed by atoms with van der Waals surface area (Å²) < 4.78 is 9.30. The second-order valence-electron chi connectivity index (χ2n) is 9.36. The second kappa shape index (κ2) is 7.63. The van der Waals surface area contributed by atoms with Crippen LogP contribution in [0.15, 0.2) is 53.6 Å². The zero-order chi connectivity index (χ0) is 23.5. The Morgan fingerprint density at radius 3 is 2.94 bits per heavy atom. The molecule has 1 N–H and O–H groups in total. The highest BCUT2D eigenvalue weighted by Crippen LogP contribution is 2.40. The van der Waals surface area contributed by atoms with Crippen molar-refractivity contribution in [3.63, 3.8) is 0 Å². The molecule has 7 rings (SSSR count). The first-order valence-electron chi connectivity index (χ1n) is 11.9. The largest absolute Gasteiger partial charge is 0.354 e. The van der Waals surface area contributed by atoms with Crippen LogP contribution in [0.5, 0.6) is 0 Å². The summed E-state index contributed by atoms with van der Waals surface area (Å²) in [5, 5.41) is 16.1. The molecule has 0 unspecified atom stereocenters. The van der Waals surface area contributed by atoms with Gasteiger partial charge < -0.3 is 9.84 Å². The van der Waals surface area contributed by atoms with Crippen LogP contribution in [0.4, 0.5) is 5.69 Å². The fraction of sp³-hybridized carbons (Fsp3) is 0.269. The summed E-state index contributed by atoms with van der Waals surface area (Å²) in [7, 11) is 0. The Morgan fingerprint density at radius 1 is 1.14 bits per heavy atom. The van der Waals surface area contributed by atoms with Gasteiger partial charge in [0.25, 0.3) is 5.91 Å². The highest BCUT2D eigenvalue weighted by atomic mass is 16.5. The van der Waals surface area contributed by atoms with E-state index in [4.69, 9.17) is 4.52 Å². The van der Waals surface area contributed by atoms with Crippen molar-refractivity contribution >= 4 is 17.1 Å². The summed E-state index contributed by atoms with van der Waals surface area (Å²) >= 11 is 0. The Balaban J connectivity index is 1.20. The zero-order valence-electron chi connectivity index (χ0n) is 19.2. The second-order valence-corrected chi connectivity index (χ2v) is 9.36. The van der Waals surface area contributed by atoms with Gasteiger partial charge >= 0.3 is 0 Å². The molecule has 1 aliphatic carbocycles. The normalized spacial score (nSPS) is 15.0. The molecule has 0 bridgehead atoms. The Morgan fingerprint density at radius 2 is 2.06 bits per heavy atom. The number of hydrogen-bond acceptors (Lipinski definition) is 6. The van der Waals surface area contributed by atoms with Gasteiger partial charge in [0.05, 0.1) is 29.2 Å². The van der Waals surface area contributed by atoms with E-state index in [0.717, 1.165) is 60.1 Å². The molecule has 5 aromatic heterocycles. The van der Waals surface area contributed by atoms with Crippen molar-refractivity contribution in [2.75, 3.05) is 5.32 Å². The van der Waals surface area contributed by atoms with Crippen LogP contribution >= 0.6 is 0 Å².